The Morgan fingerprint density at radius 2 is 2.43 bits per heavy atom. The molecule has 0 aliphatic carbocycles. The van der Waals surface area contributed by atoms with E-state index >= 15 is 0 Å². The number of hydrogen-bond donors (Lipinski definition) is 2. The number of carbonyl (C=O) groups excluding carboxylic acids is 1. The summed E-state index contributed by atoms with van der Waals surface area (Å²) in [5.74, 6) is -0.0364. The Balaban J connectivity index is 2.50. The highest BCUT2D eigenvalue weighted by atomic mass is 16.1. The molecular weight excluding hydrogens is 178 g/mol. The third kappa shape index (κ3) is 3.14. The second-order valence-corrected chi connectivity index (χ2v) is 3.08. The largest absolute Gasteiger partial charge is 0.348 e. The van der Waals surface area contributed by atoms with Gasteiger partial charge >= 0.3 is 0 Å². The SMILES string of the molecule is C[C@@H](NC(=O)CCN)c1ccccn1. The Labute approximate surface area is 83.5 Å². The lowest BCUT2D eigenvalue weighted by Crippen LogP contribution is -2.28. The molecule has 1 rings (SSSR count). The zero-order chi connectivity index (χ0) is 10.4. The van der Waals surface area contributed by atoms with Crippen LogP contribution >= 0.6 is 0 Å². The van der Waals surface area contributed by atoms with Crippen LogP contribution in [0.25, 0.3) is 0 Å². The van der Waals surface area contributed by atoms with Crippen LogP contribution in [0.2, 0.25) is 0 Å². The molecular formula is C10H15N3O. The fourth-order valence-corrected chi connectivity index (χ4v) is 1.15. The summed E-state index contributed by atoms with van der Waals surface area (Å²) in [6.45, 7) is 2.28. The van der Waals surface area contributed by atoms with Gasteiger partial charge in [-0.25, -0.2) is 0 Å². The number of nitrogens with zero attached hydrogens (tertiary/aromatic N) is 1. The maximum absolute atomic E-state index is 11.2. The number of nitrogens with one attached hydrogen (secondary N) is 1. The maximum Gasteiger partial charge on any atom is 0.221 e. The second-order valence-electron chi connectivity index (χ2n) is 3.08. The van der Waals surface area contributed by atoms with Gasteiger partial charge in [-0.1, -0.05) is 6.07 Å². The molecule has 76 valence electrons. The molecule has 0 fully saturated rings. The average molecular weight is 193 g/mol. The molecule has 1 atom stereocenters. The van der Waals surface area contributed by atoms with Crippen LogP contribution in [-0.4, -0.2) is 17.4 Å². The van der Waals surface area contributed by atoms with E-state index in [0.717, 1.165) is 5.69 Å². The number of pyridine rings is 1. The van der Waals surface area contributed by atoms with E-state index in [2.05, 4.69) is 10.3 Å². The number of hydrogen-bond acceptors (Lipinski definition) is 3. The number of nitrogens with two attached hydrogens (primary N) is 1. The van der Waals surface area contributed by atoms with Gasteiger partial charge in [0.15, 0.2) is 0 Å². The minimum absolute atomic E-state index is 0.0364. The summed E-state index contributed by atoms with van der Waals surface area (Å²) in [5, 5.41) is 2.82. The van der Waals surface area contributed by atoms with E-state index in [1.165, 1.54) is 0 Å². The second kappa shape index (κ2) is 5.34. The topological polar surface area (TPSA) is 68.0 Å². The molecule has 4 nitrogen and oxygen atoms in total. The fraction of sp³-hybridized carbons (Fsp3) is 0.400. The maximum atomic E-state index is 11.2. The van der Waals surface area contributed by atoms with Crippen LogP contribution in [0.5, 0.6) is 0 Å². The Kier molecular flexibility index (Phi) is 4.07. The van der Waals surface area contributed by atoms with Crippen molar-refractivity contribution in [2.45, 2.75) is 19.4 Å². The Morgan fingerprint density at radius 1 is 1.64 bits per heavy atom. The molecule has 0 unspecified atom stereocenters. The van der Waals surface area contributed by atoms with Crippen molar-refractivity contribution < 1.29 is 4.79 Å². The Morgan fingerprint density at radius 3 is 3.00 bits per heavy atom. The van der Waals surface area contributed by atoms with Gasteiger partial charge in [-0.3, -0.25) is 9.78 Å². The highest BCUT2D eigenvalue weighted by Gasteiger charge is 2.08. The predicted octanol–water partition coefficient (Wildman–Crippen LogP) is 0.608. The summed E-state index contributed by atoms with van der Waals surface area (Å²) in [6.07, 6.45) is 2.07. The molecule has 0 aliphatic rings. The van der Waals surface area contributed by atoms with Crippen molar-refractivity contribution in [2.24, 2.45) is 5.73 Å². The van der Waals surface area contributed by atoms with Gasteiger partial charge in [0.05, 0.1) is 11.7 Å². The highest BCUT2D eigenvalue weighted by Crippen LogP contribution is 2.07. The molecule has 1 aromatic rings. The number of rotatable bonds is 4. The van der Waals surface area contributed by atoms with Crippen molar-refractivity contribution in [3.05, 3.63) is 30.1 Å². The summed E-state index contributed by atoms with van der Waals surface area (Å²) in [5.41, 5.74) is 6.13. The van der Waals surface area contributed by atoms with Gasteiger partial charge in [0.1, 0.15) is 0 Å². The van der Waals surface area contributed by atoms with Crippen LogP contribution in [0.3, 0.4) is 0 Å². The Hall–Kier alpha value is -1.42. The van der Waals surface area contributed by atoms with Crippen molar-refractivity contribution in [1.29, 1.82) is 0 Å². The molecule has 14 heavy (non-hydrogen) atoms. The first-order valence-corrected chi connectivity index (χ1v) is 4.64. The van der Waals surface area contributed by atoms with Crippen LogP contribution in [0.15, 0.2) is 24.4 Å². The lowest BCUT2D eigenvalue weighted by Gasteiger charge is -2.12. The van der Waals surface area contributed by atoms with Gasteiger partial charge in [-0.05, 0) is 19.1 Å². The van der Waals surface area contributed by atoms with E-state index in [0.29, 0.717) is 13.0 Å². The lowest BCUT2D eigenvalue weighted by atomic mass is 10.2. The first-order chi connectivity index (χ1) is 6.74. The smallest absolute Gasteiger partial charge is 0.221 e. The van der Waals surface area contributed by atoms with E-state index in [4.69, 9.17) is 5.73 Å². The molecule has 0 bridgehead atoms. The van der Waals surface area contributed by atoms with Crippen molar-refractivity contribution in [1.82, 2.24) is 10.3 Å². The Bertz CT molecular complexity index is 287. The molecule has 0 saturated carbocycles. The van der Waals surface area contributed by atoms with Crippen molar-refractivity contribution in [2.75, 3.05) is 6.54 Å². The van der Waals surface area contributed by atoms with Gasteiger partial charge in [-0.15, -0.1) is 0 Å². The van der Waals surface area contributed by atoms with E-state index in [9.17, 15) is 4.79 Å². The molecule has 0 spiro atoms. The predicted molar refractivity (Wildman–Crippen MR) is 54.5 cm³/mol. The molecule has 1 heterocycles. The van der Waals surface area contributed by atoms with E-state index in [1.54, 1.807) is 6.20 Å². The molecule has 4 heteroatoms. The molecule has 1 aromatic heterocycles. The van der Waals surface area contributed by atoms with Crippen LogP contribution in [0, 0.1) is 0 Å². The zero-order valence-corrected chi connectivity index (χ0v) is 8.23. The minimum atomic E-state index is -0.0600. The van der Waals surface area contributed by atoms with Gasteiger partial charge in [0.2, 0.25) is 5.91 Å². The quantitative estimate of drug-likeness (QED) is 0.736. The third-order valence-corrected chi connectivity index (χ3v) is 1.88. The molecule has 3 N–H and O–H groups in total. The van der Waals surface area contributed by atoms with Crippen molar-refractivity contribution >= 4 is 5.91 Å². The summed E-state index contributed by atoms with van der Waals surface area (Å²) in [4.78, 5) is 15.4. The molecule has 0 aliphatic heterocycles. The molecule has 0 aromatic carbocycles. The normalized spacial score (nSPS) is 12.1. The van der Waals surface area contributed by atoms with Gasteiger partial charge in [0.25, 0.3) is 0 Å². The lowest BCUT2D eigenvalue weighted by molar-refractivity contribution is -0.121. The summed E-state index contributed by atoms with van der Waals surface area (Å²) < 4.78 is 0. The molecule has 1 amide bonds. The summed E-state index contributed by atoms with van der Waals surface area (Å²) in [6, 6.07) is 5.56. The third-order valence-electron chi connectivity index (χ3n) is 1.88. The van der Waals surface area contributed by atoms with Crippen molar-refractivity contribution in [3.63, 3.8) is 0 Å². The molecule has 0 radical (unpaired) electrons. The first-order valence-electron chi connectivity index (χ1n) is 4.64. The summed E-state index contributed by atoms with van der Waals surface area (Å²) >= 11 is 0. The monoisotopic (exact) mass is 193 g/mol. The van der Waals surface area contributed by atoms with Crippen LogP contribution in [-0.2, 0) is 4.79 Å². The molecule has 0 saturated heterocycles. The number of amides is 1. The van der Waals surface area contributed by atoms with Crippen LogP contribution in [0.1, 0.15) is 25.1 Å². The minimum Gasteiger partial charge on any atom is -0.348 e. The van der Waals surface area contributed by atoms with E-state index in [1.807, 2.05) is 25.1 Å². The van der Waals surface area contributed by atoms with Crippen molar-refractivity contribution in [3.8, 4) is 0 Å². The standard InChI is InChI=1S/C10H15N3O/c1-8(13-10(14)5-6-11)9-4-2-3-7-12-9/h2-4,7-8H,5-6,11H2,1H3,(H,13,14)/t8-/m1/s1. The van der Waals surface area contributed by atoms with Gasteiger partial charge in [-0.2, -0.15) is 0 Å². The first kappa shape index (κ1) is 10.7. The average Bonchev–Trinajstić information content (AvgIpc) is 2.19. The van der Waals surface area contributed by atoms with Crippen LogP contribution in [0.4, 0.5) is 0 Å². The van der Waals surface area contributed by atoms with Crippen LogP contribution < -0.4 is 11.1 Å². The highest BCUT2D eigenvalue weighted by molar-refractivity contribution is 5.76. The fourth-order valence-electron chi connectivity index (χ4n) is 1.15. The van der Waals surface area contributed by atoms with E-state index < -0.39 is 0 Å². The zero-order valence-electron chi connectivity index (χ0n) is 8.23. The van der Waals surface area contributed by atoms with Gasteiger partial charge < -0.3 is 11.1 Å². The number of aromatic nitrogens is 1. The van der Waals surface area contributed by atoms with E-state index in [-0.39, 0.29) is 11.9 Å². The summed E-state index contributed by atoms with van der Waals surface area (Å²) in [7, 11) is 0. The van der Waals surface area contributed by atoms with Gasteiger partial charge in [0, 0.05) is 19.2 Å². The number of carbonyl (C=O) groups is 1.